The Morgan fingerprint density at radius 1 is 0.867 bits per heavy atom. The number of carboxylic acids is 2. The summed E-state index contributed by atoms with van der Waals surface area (Å²) in [6.45, 7) is 0. The molecule has 2 N–H and O–H groups in total. The first-order chi connectivity index (χ1) is 14.3. The molecule has 0 saturated heterocycles. The van der Waals surface area contributed by atoms with E-state index in [-0.39, 0.29) is 21.9 Å². The molecule has 0 bridgehead atoms. The van der Waals surface area contributed by atoms with E-state index in [9.17, 15) is 29.4 Å². The van der Waals surface area contributed by atoms with Crippen molar-refractivity contribution in [3.63, 3.8) is 0 Å². The molecule has 0 aliphatic rings. The van der Waals surface area contributed by atoms with Crippen LogP contribution in [0.25, 0.3) is 33.1 Å². The molecule has 2 heterocycles. The summed E-state index contributed by atoms with van der Waals surface area (Å²) in [7, 11) is 1.48. The summed E-state index contributed by atoms with van der Waals surface area (Å²) in [5.41, 5.74) is -2.61. The Labute approximate surface area is 166 Å². The van der Waals surface area contributed by atoms with Gasteiger partial charge in [-0.05, 0) is 41.5 Å². The molecule has 0 atom stereocenters. The van der Waals surface area contributed by atoms with Crippen molar-refractivity contribution >= 4 is 33.9 Å². The first-order valence-corrected chi connectivity index (χ1v) is 8.50. The van der Waals surface area contributed by atoms with Crippen molar-refractivity contribution in [3.8, 4) is 16.9 Å². The fourth-order valence-corrected chi connectivity index (χ4v) is 3.18. The Kier molecular flexibility index (Phi) is 4.35. The normalized spacial score (nSPS) is 11.0. The van der Waals surface area contributed by atoms with Gasteiger partial charge in [-0.15, -0.1) is 0 Å². The number of methoxy groups -OCH3 is 1. The highest BCUT2D eigenvalue weighted by atomic mass is 16.5. The standard InChI is InChI=1S/C21H12O9/c1-28-10-4-2-3-9(5-10)11-8-16-13(7-15(19(24)25)20(26)29-16)17-12(11)6-14(18(22)23)21(27)30-17/h2-8H,1H3,(H,22,23)(H,24,25). The van der Waals surface area contributed by atoms with Crippen LogP contribution in [0.4, 0.5) is 0 Å². The predicted octanol–water partition coefficient (Wildman–Crippen LogP) is 2.97. The van der Waals surface area contributed by atoms with Gasteiger partial charge in [0.15, 0.2) is 0 Å². The third kappa shape index (κ3) is 2.98. The van der Waals surface area contributed by atoms with Crippen LogP contribution in [0, 0.1) is 0 Å². The van der Waals surface area contributed by atoms with Crippen molar-refractivity contribution in [3.05, 3.63) is 74.4 Å². The maximum absolute atomic E-state index is 12.2. The molecule has 30 heavy (non-hydrogen) atoms. The van der Waals surface area contributed by atoms with Gasteiger partial charge in [0, 0.05) is 5.39 Å². The SMILES string of the molecule is COc1cccc(-c2cc3oc(=O)c(C(=O)O)cc3c3oc(=O)c(C(=O)O)cc23)c1. The summed E-state index contributed by atoms with van der Waals surface area (Å²) in [5, 5.41) is 18.8. The van der Waals surface area contributed by atoms with Crippen LogP contribution in [0.5, 0.6) is 5.75 Å². The maximum atomic E-state index is 12.2. The topological polar surface area (TPSA) is 144 Å². The number of benzene rings is 2. The van der Waals surface area contributed by atoms with Crippen molar-refractivity contribution in [1.29, 1.82) is 0 Å². The maximum Gasteiger partial charge on any atom is 0.351 e. The largest absolute Gasteiger partial charge is 0.497 e. The van der Waals surface area contributed by atoms with Crippen LogP contribution in [0.2, 0.25) is 0 Å². The van der Waals surface area contributed by atoms with Gasteiger partial charge in [0.2, 0.25) is 0 Å². The molecule has 4 aromatic rings. The predicted molar refractivity (Wildman–Crippen MR) is 104 cm³/mol. The zero-order valence-corrected chi connectivity index (χ0v) is 15.3. The van der Waals surface area contributed by atoms with Gasteiger partial charge < -0.3 is 23.8 Å². The lowest BCUT2D eigenvalue weighted by atomic mass is 9.97. The summed E-state index contributed by atoms with van der Waals surface area (Å²) in [6, 6.07) is 10.4. The average molecular weight is 408 g/mol. The molecule has 0 amide bonds. The molecule has 150 valence electrons. The van der Waals surface area contributed by atoms with E-state index in [4.69, 9.17) is 13.6 Å². The molecule has 2 aromatic heterocycles. The highest BCUT2D eigenvalue weighted by Crippen LogP contribution is 2.35. The Morgan fingerprint density at radius 2 is 1.50 bits per heavy atom. The molecule has 0 saturated carbocycles. The van der Waals surface area contributed by atoms with Crippen molar-refractivity contribution in [2.45, 2.75) is 0 Å². The first-order valence-electron chi connectivity index (χ1n) is 8.50. The van der Waals surface area contributed by atoms with Crippen LogP contribution in [0.15, 0.2) is 60.9 Å². The van der Waals surface area contributed by atoms with Crippen LogP contribution >= 0.6 is 0 Å². The van der Waals surface area contributed by atoms with Crippen LogP contribution in [0.3, 0.4) is 0 Å². The van der Waals surface area contributed by atoms with Crippen LogP contribution < -0.4 is 16.0 Å². The van der Waals surface area contributed by atoms with E-state index < -0.39 is 34.3 Å². The lowest BCUT2D eigenvalue weighted by Gasteiger charge is -2.11. The number of rotatable bonds is 4. The third-order valence-electron chi connectivity index (χ3n) is 4.58. The fraction of sp³-hybridized carbons (Fsp3) is 0.0476. The molecule has 9 heteroatoms. The lowest BCUT2D eigenvalue weighted by Crippen LogP contribution is -2.14. The average Bonchev–Trinajstić information content (AvgIpc) is 2.71. The van der Waals surface area contributed by atoms with E-state index in [1.807, 2.05) is 0 Å². The molecule has 2 aromatic carbocycles. The van der Waals surface area contributed by atoms with Crippen molar-refractivity contribution in [1.82, 2.24) is 0 Å². The monoisotopic (exact) mass is 408 g/mol. The quantitative estimate of drug-likeness (QED) is 0.384. The van der Waals surface area contributed by atoms with Gasteiger partial charge in [-0.3, -0.25) is 0 Å². The molecule has 0 aliphatic carbocycles. The van der Waals surface area contributed by atoms with Gasteiger partial charge in [-0.25, -0.2) is 19.2 Å². The molecule has 4 rings (SSSR count). The van der Waals surface area contributed by atoms with Gasteiger partial charge in [-0.1, -0.05) is 12.1 Å². The Balaban J connectivity index is 2.21. The van der Waals surface area contributed by atoms with E-state index >= 15 is 0 Å². The van der Waals surface area contributed by atoms with Crippen molar-refractivity contribution < 1.29 is 33.4 Å². The van der Waals surface area contributed by atoms with Crippen LogP contribution in [0.1, 0.15) is 20.7 Å². The highest BCUT2D eigenvalue weighted by Gasteiger charge is 2.21. The zero-order chi connectivity index (χ0) is 21.6. The van der Waals surface area contributed by atoms with Crippen molar-refractivity contribution in [2.24, 2.45) is 0 Å². The molecule has 0 spiro atoms. The molecule has 0 unspecified atom stereocenters. The number of ether oxygens (including phenoxy) is 1. The minimum Gasteiger partial charge on any atom is -0.497 e. The summed E-state index contributed by atoms with van der Waals surface area (Å²) in [5.74, 6) is -2.48. The van der Waals surface area contributed by atoms with Crippen LogP contribution in [-0.2, 0) is 0 Å². The number of aromatic carboxylic acids is 2. The third-order valence-corrected chi connectivity index (χ3v) is 4.58. The molecule has 9 nitrogen and oxygen atoms in total. The second-order valence-electron chi connectivity index (χ2n) is 6.32. The van der Waals surface area contributed by atoms with E-state index in [1.54, 1.807) is 24.3 Å². The van der Waals surface area contributed by atoms with E-state index in [0.717, 1.165) is 12.1 Å². The van der Waals surface area contributed by atoms with E-state index in [1.165, 1.54) is 13.2 Å². The van der Waals surface area contributed by atoms with Gasteiger partial charge in [-0.2, -0.15) is 0 Å². The van der Waals surface area contributed by atoms with Gasteiger partial charge in [0.25, 0.3) is 0 Å². The molecular weight excluding hydrogens is 396 g/mol. The number of hydrogen-bond donors (Lipinski definition) is 2. The Morgan fingerprint density at radius 3 is 2.13 bits per heavy atom. The summed E-state index contributed by atoms with van der Waals surface area (Å²) < 4.78 is 15.6. The van der Waals surface area contributed by atoms with Gasteiger partial charge >= 0.3 is 23.2 Å². The fourth-order valence-electron chi connectivity index (χ4n) is 3.18. The lowest BCUT2D eigenvalue weighted by molar-refractivity contribution is 0.0681. The van der Waals surface area contributed by atoms with E-state index in [2.05, 4.69) is 0 Å². The molecule has 0 fully saturated rings. The van der Waals surface area contributed by atoms with Crippen LogP contribution in [-0.4, -0.2) is 29.3 Å². The minimum atomic E-state index is -1.51. The second-order valence-corrected chi connectivity index (χ2v) is 6.32. The number of hydrogen-bond acceptors (Lipinski definition) is 7. The number of fused-ring (bicyclic) bond motifs is 3. The number of carboxylic acid groups (broad SMARTS) is 2. The summed E-state index contributed by atoms with van der Waals surface area (Å²) in [4.78, 5) is 47.0. The summed E-state index contributed by atoms with van der Waals surface area (Å²) >= 11 is 0. The van der Waals surface area contributed by atoms with Gasteiger partial charge in [0.1, 0.15) is 28.0 Å². The zero-order valence-electron chi connectivity index (χ0n) is 15.3. The molecular formula is C21H12O9. The van der Waals surface area contributed by atoms with E-state index in [0.29, 0.717) is 16.9 Å². The Bertz CT molecular complexity index is 1470. The second kappa shape index (κ2) is 6.89. The summed E-state index contributed by atoms with van der Waals surface area (Å²) in [6.07, 6.45) is 0. The molecule has 0 radical (unpaired) electrons. The molecule has 0 aliphatic heterocycles. The Hall–Kier alpha value is -4.40. The smallest absolute Gasteiger partial charge is 0.351 e. The highest BCUT2D eigenvalue weighted by molar-refractivity contribution is 6.11. The van der Waals surface area contributed by atoms with Gasteiger partial charge in [0.05, 0.1) is 12.5 Å². The minimum absolute atomic E-state index is 0.0263. The first kappa shape index (κ1) is 18.9. The number of carbonyl (C=O) groups is 2. The van der Waals surface area contributed by atoms with Crippen molar-refractivity contribution in [2.75, 3.05) is 7.11 Å².